The summed E-state index contributed by atoms with van der Waals surface area (Å²) < 4.78 is 4.74. The van der Waals surface area contributed by atoms with Crippen LogP contribution in [0.3, 0.4) is 0 Å². The molecule has 0 atom stereocenters. The molecule has 0 aromatic carbocycles. The van der Waals surface area contributed by atoms with Crippen LogP contribution in [0.4, 0.5) is 0 Å². The van der Waals surface area contributed by atoms with Crippen LogP contribution in [0.15, 0.2) is 22.9 Å². The second kappa shape index (κ2) is 8.11. The Morgan fingerprint density at radius 3 is 2.75 bits per heavy atom. The summed E-state index contributed by atoms with van der Waals surface area (Å²) in [5.41, 5.74) is 0.896. The molecule has 0 bridgehead atoms. The van der Waals surface area contributed by atoms with E-state index >= 15 is 0 Å². The smallest absolute Gasteiger partial charge is 0.331 e. The van der Waals surface area contributed by atoms with Gasteiger partial charge in [-0.3, -0.25) is 9.59 Å². The van der Waals surface area contributed by atoms with Crippen molar-refractivity contribution in [2.45, 2.75) is 0 Å². The first-order valence-electron chi connectivity index (χ1n) is 5.83. The predicted octanol–water partition coefficient (Wildman–Crippen LogP) is 0.509. The van der Waals surface area contributed by atoms with Crippen LogP contribution in [0.25, 0.3) is 6.08 Å². The Labute approximate surface area is 121 Å². The summed E-state index contributed by atoms with van der Waals surface area (Å²) in [6.07, 6.45) is 2.85. The van der Waals surface area contributed by atoms with E-state index < -0.39 is 18.5 Å². The number of nitrogens with zero attached hydrogens (tertiary/aromatic N) is 1. The Kier molecular flexibility index (Phi) is 6.45. The Hall–Kier alpha value is -2.15. The van der Waals surface area contributed by atoms with Crippen LogP contribution in [0.2, 0.25) is 0 Å². The van der Waals surface area contributed by atoms with Gasteiger partial charge in [0, 0.05) is 20.2 Å². The molecule has 0 spiro atoms. The van der Waals surface area contributed by atoms with Crippen LogP contribution in [0.1, 0.15) is 5.56 Å². The summed E-state index contributed by atoms with van der Waals surface area (Å²) in [5, 5.41) is 6.13. The van der Waals surface area contributed by atoms with Crippen molar-refractivity contribution in [2.75, 3.05) is 27.2 Å². The number of ether oxygens (including phenoxy) is 1. The number of carbonyl (C=O) groups excluding carboxylic acids is 3. The fraction of sp³-hybridized carbons (Fsp3) is 0.308. The summed E-state index contributed by atoms with van der Waals surface area (Å²) in [5.74, 6) is -1.36. The maximum atomic E-state index is 11.3. The third kappa shape index (κ3) is 6.14. The van der Waals surface area contributed by atoms with Crippen LogP contribution in [0.5, 0.6) is 0 Å². The molecule has 1 heterocycles. The molecule has 0 saturated heterocycles. The minimum Gasteiger partial charge on any atom is -0.452 e. The van der Waals surface area contributed by atoms with Crippen molar-refractivity contribution in [3.05, 3.63) is 28.5 Å². The molecule has 1 N–H and O–H groups in total. The van der Waals surface area contributed by atoms with Gasteiger partial charge in [-0.1, -0.05) is 0 Å². The molecule has 0 fully saturated rings. The monoisotopic (exact) mass is 296 g/mol. The van der Waals surface area contributed by atoms with Crippen molar-refractivity contribution >= 4 is 35.2 Å². The van der Waals surface area contributed by atoms with E-state index in [0.29, 0.717) is 0 Å². The maximum absolute atomic E-state index is 11.3. The molecule has 2 amide bonds. The van der Waals surface area contributed by atoms with Gasteiger partial charge in [0.25, 0.3) is 5.91 Å². The standard InChI is InChI=1S/C13H16N2O4S/c1-15(2)12(17)7-14-11(16)8-19-13(18)4-3-10-5-6-20-9-10/h3-6,9H,7-8H2,1-2H3,(H,14,16)/b4-3+. The van der Waals surface area contributed by atoms with Gasteiger partial charge in [0.1, 0.15) is 0 Å². The van der Waals surface area contributed by atoms with Gasteiger partial charge in [-0.2, -0.15) is 11.3 Å². The van der Waals surface area contributed by atoms with Crippen LogP contribution >= 0.6 is 11.3 Å². The zero-order valence-electron chi connectivity index (χ0n) is 11.3. The molecule has 0 unspecified atom stereocenters. The van der Waals surface area contributed by atoms with Gasteiger partial charge in [-0.05, 0) is 28.5 Å². The lowest BCUT2D eigenvalue weighted by atomic mass is 10.3. The van der Waals surface area contributed by atoms with Crippen molar-refractivity contribution < 1.29 is 19.1 Å². The van der Waals surface area contributed by atoms with Gasteiger partial charge >= 0.3 is 5.97 Å². The lowest BCUT2D eigenvalue weighted by Gasteiger charge is -2.10. The first-order chi connectivity index (χ1) is 9.49. The number of rotatable bonds is 6. The first kappa shape index (κ1) is 15.9. The second-order valence-electron chi connectivity index (χ2n) is 4.06. The van der Waals surface area contributed by atoms with Crippen molar-refractivity contribution in [2.24, 2.45) is 0 Å². The first-order valence-corrected chi connectivity index (χ1v) is 6.77. The molecule has 20 heavy (non-hydrogen) atoms. The third-order valence-corrected chi connectivity index (χ3v) is 2.94. The number of hydrogen-bond donors (Lipinski definition) is 1. The van der Waals surface area contributed by atoms with Crippen molar-refractivity contribution in [3.8, 4) is 0 Å². The highest BCUT2D eigenvalue weighted by atomic mass is 32.1. The molecule has 1 aromatic rings. The van der Waals surface area contributed by atoms with Gasteiger partial charge in [0.15, 0.2) is 6.61 Å². The fourth-order valence-electron chi connectivity index (χ4n) is 1.10. The third-order valence-electron chi connectivity index (χ3n) is 2.24. The van der Waals surface area contributed by atoms with Gasteiger partial charge in [0.2, 0.25) is 5.91 Å². The molecular formula is C13H16N2O4S. The van der Waals surface area contributed by atoms with E-state index in [4.69, 9.17) is 4.74 Å². The molecule has 1 aromatic heterocycles. The highest BCUT2D eigenvalue weighted by molar-refractivity contribution is 7.08. The molecule has 108 valence electrons. The largest absolute Gasteiger partial charge is 0.452 e. The van der Waals surface area contributed by atoms with E-state index in [-0.39, 0.29) is 12.5 Å². The molecule has 6 nitrogen and oxygen atoms in total. The van der Waals surface area contributed by atoms with E-state index in [2.05, 4.69) is 5.32 Å². The van der Waals surface area contributed by atoms with E-state index in [1.54, 1.807) is 20.2 Å². The number of carbonyl (C=O) groups is 3. The number of esters is 1. The normalized spacial score (nSPS) is 10.3. The molecule has 0 aliphatic rings. The van der Waals surface area contributed by atoms with Crippen LogP contribution < -0.4 is 5.32 Å². The minimum absolute atomic E-state index is 0.117. The van der Waals surface area contributed by atoms with Gasteiger partial charge in [0.05, 0.1) is 6.54 Å². The Bertz CT molecular complexity index is 494. The topological polar surface area (TPSA) is 75.7 Å². The second-order valence-corrected chi connectivity index (χ2v) is 4.84. The van der Waals surface area contributed by atoms with Crippen molar-refractivity contribution in [3.63, 3.8) is 0 Å². The Balaban J connectivity index is 2.23. The average molecular weight is 296 g/mol. The highest BCUT2D eigenvalue weighted by Gasteiger charge is 2.08. The number of nitrogens with one attached hydrogen (secondary N) is 1. The Morgan fingerprint density at radius 2 is 2.15 bits per heavy atom. The van der Waals surface area contributed by atoms with Crippen molar-refractivity contribution in [1.29, 1.82) is 0 Å². The van der Waals surface area contributed by atoms with E-state index in [1.807, 2.05) is 16.8 Å². The van der Waals surface area contributed by atoms with Crippen LogP contribution in [-0.2, 0) is 19.1 Å². The summed E-state index contributed by atoms with van der Waals surface area (Å²) in [6.45, 7) is -0.526. The van der Waals surface area contributed by atoms with Gasteiger partial charge in [-0.15, -0.1) is 0 Å². The average Bonchev–Trinajstić information content (AvgIpc) is 2.93. The van der Waals surface area contributed by atoms with Gasteiger partial charge < -0.3 is 15.0 Å². The molecule has 7 heteroatoms. The number of amides is 2. The Morgan fingerprint density at radius 1 is 1.40 bits per heavy atom. The number of hydrogen-bond acceptors (Lipinski definition) is 5. The van der Waals surface area contributed by atoms with Gasteiger partial charge in [-0.25, -0.2) is 4.79 Å². The highest BCUT2D eigenvalue weighted by Crippen LogP contribution is 2.07. The summed E-state index contributed by atoms with van der Waals surface area (Å²) >= 11 is 1.52. The quantitative estimate of drug-likeness (QED) is 0.613. The van der Waals surface area contributed by atoms with Crippen LogP contribution in [0, 0.1) is 0 Å². The summed E-state index contributed by atoms with van der Waals surface area (Å²) in [7, 11) is 3.17. The molecule has 0 aliphatic heterocycles. The SMILES string of the molecule is CN(C)C(=O)CNC(=O)COC(=O)/C=C/c1ccsc1. The predicted molar refractivity (Wildman–Crippen MR) is 76.0 cm³/mol. The number of likely N-dealkylation sites (N-methyl/N-ethyl adjacent to an activating group) is 1. The van der Waals surface area contributed by atoms with E-state index in [0.717, 1.165) is 5.56 Å². The van der Waals surface area contributed by atoms with Crippen molar-refractivity contribution in [1.82, 2.24) is 10.2 Å². The molecule has 0 aliphatic carbocycles. The van der Waals surface area contributed by atoms with E-state index in [9.17, 15) is 14.4 Å². The van der Waals surface area contributed by atoms with Crippen LogP contribution in [-0.4, -0.2) is 49.9 Å². The summed E-state index contributed by atoms with van der Waals surface area (Å²) in [6, 6.07) is 1.86. The minimum atomic E-state index is -0.606. The molecule has 1 rings (SSSR count). The van der Waals surface area contributed by atoms with E-state index in [1.165, 1.54) is 22.3 Å². The number of thiophene rings is 1. The lowest BCUT2D eigenvalue weighted by molar-refractivity contribution is -0.144. The molecular weight excluding hydrogens is 280 g/mol. The molecule has 0 saturated carbocycles. The lowest BCUT2D eigenvalue weighted by Crippen LogP contribution is -2.38. The molecule has 0 radical (unpaired) electrons. The zero-order chi connectivity index (χ0) is 15.0. The zero-order valence-corrected chi connectivity index (χ0v) is 12.1. The maximum Gasteiger partial charge on any atom is 0.331 e. The summed E-state index contributed by atoms with van der Waals surface area (Å²) in [4.78, 5) is 35.2. The fourth-order valence-corrected chi connectivity index (χ4v) is 1.73.